The molecule has 0 unspecified atom stereocenters. The van der Waals surface area contributed by atoms with E-state index >= 15 is 0 Å². The van der Waals surface area contributed by atoms with Gasteiger partial charge in [0.1, 0.15) is 0 Å². The van der Waals surface area contributed by atoms with Gasteiger partial charge in [0.05, 0.1) is 119 Å². The summed E-state index contributed by atoms with van der Waals surface area (Å²) in [6, 6.07) is 0. The molecule has 0 aliphatic heterocycles. The molecule has 0 heterocycles. The molecule has 0 atom stereocenters. The third-order valence-electron chi connectivity index (χ3n) is 20.5. The van der Waals surface area contributed by atoms with Gasteiger partial charge >= 0.3 is 47.8 Å². The summed E-state index contributed by atoms with van der Waals surface area (Å²) in [5.41, 5.74) is -0.744. The molecular formula is C88H160O24. The zero-order chi connectivity index (χ0) is 86.1. The van der Waals surface area contributed by atoms with Crippen molar-refractivity contribution in [2.45, 2.75) is 415 Å². The van der Waals surface area contributed by atoms with E-state index < -0.39 is 47.8 Å². The molecule has 8 rings (SSSR count). The van der Waals surface area contributed by atoms with Gasteiger partial charge in [-0.25, -0.2) is 0 Å². The van der Waals surface area contributed by atoms with Crippen molar-refractivity contribution in [2.75, 3.05) is 26.4 Å². The zero-order valence-corrected chi connectivity index (χ0v) is 74.0. The Morgan fingerprint density at radius 3 is 0.696 bits per heavy atom. The van der Waals surface area contributed by atoms with Crippen LogP contribution in [0.15, 0.2) is 0 Å². The van der Waals surface area contributed by atoms with E-state index in [9.17, 15) is 38.4 Å². The highest BCUT2D eigenvalue weighted by Crippen LogP contribution is 2.40. The molecule has 8 fully saturated rings. The van der Waals surface area contributed by atoms with Crippen molar-refractivity contribution in [1.82, 2.24) is 0 Å². The van der Waals surface area contributed by atoms with Crippen LogP contribution in [0.2, 0.25) is 0 Å². The topological polar surface area (TPSA) is 372 Å². The molecule has 112 heavy (non-hydrogen) atoms. The second-order valence-corrected chi connectivity index (χ2v) is 41.1. The van der Waals surface area contributed by atoms with Crippen molar-refractivity contribution in [3.05, 3.63) is 0 Å². The van der Waals surface area contributed by atoms with Crippen LogP contribution >= 0.6 is 0 Å². The second kappa shape index (κ2) is 49.0. The van der Waals surface area contributed by atoms with E-state index in [1.165, 1.54) is 0 Å². The third kappa shape index (κ3) is 55.9. The Hall–Kier alpha value is -4.56. The molecule has 0 aromatic rings. The summed E-state index contributed by atoms with van der Waals surface area (Å²) in [6.07, 6.45) is 24.3. The van der Waals surface area contributed by atoms with Gasteiger partial charge in [-0.05, 0) is 368 Å². The van der Waals surface area contributed by atoms with E-state index in [-0.39, 0.29) is 86.8 Å². The average molecular weight is 1600 g/mol. The standard InChI is InChI=1S/C13H24O3.2C12H22O3.2C11H20O3.2C10H18O3.C9H16O3/c1-13(2,3)16-9-11-6-4-10(5-7-11)8-12(14)15;1-12(2,3)15-8-9-4-6-10(7-5-9)11(13)14;1-12(2,3)15-10-6-4-9(5-7-10)8-11(13)14;1-11(2,3)14-7-9-4-8(5-9)6-10(12)13;1-11(2,3)14-9-6-4-8(5-7-9)10(12)13;1-10(2,3)13-6-7-4-8(5-7)9(11)12;1-10(2,3)13-8-4-7(5-8)6-9(11)12;1-9(2,3)12-7-4-6(5-7)8(10)11/h10-11H,4-9H2,1-3H3,(H,14,15);2*9-10H,4-8H2,1-3H3,(H,13,14);2*8-9H,4-7H2,1-3H3,(H,12,13);2*7-8H,4-6H2,1-3H3,(H,11,12);6-7H,4-5H2,1-3H3,(H,10,11). The molecule has 8 aliphatic carbocycles. The zero-order valence-electron chi connectivity index (χ0n) is 74.0. The van der Waals surface area contributed by atoms with Crippen molar-refractivity contribution in [3.8, 4) is 0 Å². The van der Waals surface area contributed by atoms with Crippen molar-refractivity contribution >= 4 is 47.8 Å². The Morgan fingerprint density at radius 1 is 0.214 bits per heavy atom. The molecule has 8 aliphatic rings. The van der Waals surface area contributed by atoms with Crippen LogP contribution in [0.3, 0.4) is 0 Å². The normalized spacial score (nSPS) is 27.9. The van der Waals surface area contributed by atoms with Crippen molar-refractivity contribution in [3.63, 3.8) is 0 Å². The first-order chi connectivity index (χ1) is 51.0. The minimum Gasteiger partial charge on any atom is -0.481 e. The summed E-state index contributed by atoms with van der Waals surface area (Å²) in [7, 11) is 0. The molecule has 0 aromatic carbocycles. The summed E-state index contributed by atoms with van der Waals surface area (Å²) in [4.78, 5) is 84.3. The number of hydrogen-bond donors (Lipinski definition) is 8. The summed E-state index contributed by atoms with van der Waals surface area (Å²) < 4.78 is 45.7. The number of ether oxygens (including phenoxy) is 8. The first-order valence-corrected chi connectivity index (χ1v) is 42.1. The molecule has 0 spiro atoms. The van der Waals surface area contributed by atoms with Gasteiger partial charge in [-0.1, -0.05) is 0 Å². The fourth-order valence-corrected chi connectivity index (χ4v) is 14.6. The van der Waals surface area contributed by atoms with E-state index in [4.69, 9.17) is 78.7 Å². The molecule has 0 bridgehead atoms. The van der Waals surface area contributed by atoms with E-state index in [0.717, 1.165) is 161 Å². The molecule has 0 saturated heterocycles. The molecule has 8 saturated carbocycles. The maximum atomic E-state index is 10.7. The second-order valence-electron chi connectivity index (χ2n) is 41.1. The highest BCUT2D eigenvalue weighted by Gasteiger charge is 2.39. The minimum absolute atomic E-state index is 0.0576. The third-order valence-corrected chi connectivity index (χ3v) is 20.5. The van der Waals surface area contributed by atoms with Crippen LogP contribution in [0, 0.1) is 71.0 Å². The molecule has 8 N–H and O–H groups in total. The Balaban J connectivity index is 0.000000641. The number of carbonyl (C=O) groups is 8. The Labute approximate surface area is 674 Å². The molecule has 24 nitrogen and oxygen atoms in total. The van der Waals surface area contributed by atoms with Gasteiger partial charge in [0.2, 0.25) is 0 Å². The highest BCUT2D eigenvalue weighted by molar-refractivity contribution is 5.72. The van der Waals surface area contributed by atoms with Gasteiger partial charge in [0, 0.05) is 25.7 Å². The van der Waals surface area contributed by atoms with Gasteiger partial charge in [-0.3, -0.25) is 38.4 Å². The maximum absolute atomic E-state index is 10.7. The SMILES string of the molecule is CC(C)(C)OC1CC(C(=O)O)C1.CC(C)(C)OC1CC(CC(=O)O)C1.CC(C)(C)OC1CCC(C(=O)O)CC1.CC(C)(C)OC1CCC(CC(=O)O)CC1.CC(C)(C)OCC1CC(C(=O)O)C1.CC(C)(C)OCC1CC(CC(=O)O)C1.CC(C)(C)OCC1CCC(C(=O)O)CC1.CC(C)(C)OCC1CCC(CC(=O)O)CC1. The lowest BCUT2D eigenvalue weighted by Gasteiger charge is -2.38. The van der Waals surface area contributed by atoms with Crippen molar-refractivity contribution in [2.24, 2.45) is 71.0 Å². The van der Waals surface area contributed by atoms with Crippen LogP contribution in [-0.2, 0) is 76.3 Å². The quantitative estimate of drug-likeness (QED) is 0.0445. The van der Waals surface area contributed by atoms with Crippen LogP contribution in [0.25, 0.3) is 0 Å². The summed E-state index contributed by atoms with van der Waals surface area (Å²) >= 11 is 0. The predicted octanol–water partition coefficient (Wildman–Crippen LogP) is 19.0. The van der Waals surface area contributed by atoms with Crippen molar-refractivity contribution < 1.29 is 117 Å². The number of hydrogen-bond acceptors (Lipinski definition) is 16. The lowest BCUT2D eigenvalue weighted by molar-refractivity contribution is -0.159. The van der Waals surface area contributed by atoms with Crippen LogP contribution in [0.1, 0.15) is 346 Å². The van der Waals surface area contributed by atoms with Crippen molar-refractivity contribution in [1.29, 1.82) is 0 Å². The van der Waals surface area contributed by atoms with Gasteiger partial charge in [0.15, 0.2) is 0 Å². The first kappa shape index (κ1) is 105. The summed E-state index contributed by atoms with van der Waals surface area (Å²) in [6.45, 7) is 52.0. The van der Waals surface area contributed by atoms with Gasteiger partial charge in [-0.15, -0.1) is 0 Å². The number of aliphatic carboxylic acids is 8. The first-order valence-electron chi connectivity index (χ1n) is 42.1. The van der Waals surface area contributed by atoms with Crippen LogP contribution in [0.4, 0.5) is 0 Å². The van der Waals surface area contributed by atoms with E-state index in [0.29, 0.717) is 98.6 Å². The Kier molecular flexibility index (Phi) is 46.1. The number of carboxylic acids is 8. The van der Waals surface area contributed by atoms with Gasteiger partial charge in [0.25, 0.3) is 0 Å². The molecule has 0 aromatic heterocycles. The Bertz CT molecular complexity index is 2690. The largest absolute Gasteiger partial charge is 0.481 e. The molecule has 656 valence electrons. The van der Waals surface area contributed by atoms with Crippen LogP contribution in [-0.4, -0.2) is 184 Å². The highest BCUT2D eigenvalue weighted by atomic mass is 16.5. The maximum Gasteiger partial charge on any atom is 0.306 e. The van der Waals surface area contributed by atoms with Crippen LogP contribution < -0.4 is 0 Å². The molecule has 0 radical (unpaired) electrons. The minimum atomic E-state index is -0.695. The van der Waals surface area contributed by atoms with Gasteiger partial charge in [-0.2, -0.15) is 0 Å². The lowest BCUT2D eigenvalue weighted by Crippen LogP contribution is -2.40. The molecule has 24 heteroatoms. The Morgan fingerprint density at radius 2 is 0.420 bits per heavy atom. The van der Waals surface area contributed by atoms with E-state index in [1.54, 1.807) is 0 Å². The summed E-state index contributed by atoms with van der Waals surface area (Å²) in [5.74, 6) is -2.18. The smallest absolute Gasteiger partial charge is 0.306 e. The van der Waals surface area contributed by atoms with Gasteiger partial charge < -0.3 is 78.7 Å². The fraction of sp³-hybridized carbons (Fsp3) is 0.909. The van der Waals surface area contributed by atoms with Crippen LogP contribution in [0.5, 0.6) is 0 Å². The average Bonchev–Trinajstić information content (AvgIpc) is 0.884. The van der Waals surface area contributed by atoms with E-state index in [1.807, 2.05) is 104 Å². The van der Waals surface area contributed by atoms with E-state index in [2.05, 4.69) is 62.3 Å². The molecular weight excluding hydrogens is 1440 g/mol. The predicted molar refractivity (Wildman–Crippen MR) is 434 cm³/mol. The number of rotatable bonds is 24. The fourth-order valence-electron chi connectivity index (χ4n) is 14.6. The monoisotopic (exact) mass is 1600 g/mol. The number of carboxylic acid groups (broad SMARTS) is 8. The summed E-state index contributed by atoms with van der Waals surface area (Å²) in [5, 5.41) is 69.4. The molecule has 0 amide bonds. The lowest BCUT2D eigenvalue weighted by atomic mass is 9.74.